The molecule has 2 aliphatic rings. The van der Waals surface area contributed by atoms with Crippen molar-refractivity contribution in [3.8, 4) is 0 Å². The molecule has 0 aliphatic carbocycles. The molecule has 2 heterocycles. The van der Waals surface area contributed by atoms with Crippen molar-refractivity contribution in [2.45, 2.75) is 65.0 Å². The number of rotatable bonds is 2. The third-order valence-electron chi connectivity index (χ3n) is 3.97. The highest BCUT2D eigenvalue weighted by molar-refractivity contribution is 4.99. The maximum atomic E-state index is 6.09. The predicted molar refractivity (Wildman–Crippen MR) is 56.2 cm³/mol. The molecule has 6 unspecified atom stereocenters. The van der Waals surface area contributed by atoms with Crippen LogP contribution in [0.25, 0.3) is 0 Å². The van der Waals surface area contributed by atoms with Crippen LogP contribution in [0.5, 0.6) is 0 Å². The molecule has 0 radical (unpaired) electrons. The summed E-state index contributed by atoms with van der Waals surface area (Å²) in [6.45, 7) is 8.83. The smallest absolute Gasteiger partial charge is 0.0633 e. The summed E-state index contributed by atoms with van der Waals surface area (Å²) in [5.41, 5.74) is 0. The second kappa shape index (κ2) is 3.82. The molecule has 82 valence electrons. The third kappa shape index (κ3) is 1.40. The minimum atomic E-state index is 0.386. The van der Waals surface area contributed by atoms with E-state index in [9.17, 15) is 0 Å². The predicted octanol–water partition coefficient (Wildman–Crippen LogP) is 2.61. The SMILES string of the molecule is CCC1OC(CC)C2C(C)OC(C)C12. The molecule has 2 fully saturated rings. The highest BCUT2D eigenvalue weighted by Crippen LogP contribution is 2.46. The summed E-state index contributed by atoms with van der Waals surface area (Å²) in [6.07, 6.45) is 3.89. The van der Waals surface area contributed by atoms with Crippen LogP contribution in [0.15, 0.2) is 0 Å². The minimum Gasteiger partial charge on any atom is -0.375 e. The van der Waals surface area contributed by atoms with E-state index in [1.165, 1.54) is 0 Å². The number of ether oxygens (including phenoxy) is 2. The fraction of sp³-hybridized carbons (Fsp3) is 1.00. The fourth-order valence-corrected chi connectivity index (χ4v) is 3.39. The summed E-state index contributed by atoms with van der Waals surface area (Å²) >= 11 is 0. The molecule has 2 aliphatic heterocycles. The highest BCUT2D eigenvalue weighted by atomic mass is 16.5. The first kappa shape index (κ1) is 10.4. The lowest BCUT2D eigenvalue weighted by atomic mass is 9.82. The van der Waals surface area contributed by atoms with Crippen molar-refractivity contribution in [2.75, 3.05) is 0 Å². The van der Waals surface area contributed by atoms with E-state index in [0.29, 0.717) is 36.3 Å². The summed E-state index contributed by atoms with van der Waals surface area (Å²) in [6, 6.07) is 0. The van der Waals surface area contributed by atoms with Gasteiger partial charge in [-0.2, -0.15) is 0 Å². The molecule has 0 saturated carbocycles. The Balaban J connectivity index is 2.18. The zero-order valence-corrected chi connectivity index (χ0v) is 9.69. The molecule has 2 rings (SSSR count). The van der Waals surface area contributed by atoms with Crippen LogP contribution < -0.4 is 0 Å². The van der Waals surface area contributed by atoms with Crippen LogP contribution in [-0.2, 0) is 9.47 Å². The Morgan fingerprint density at radius 3 is 1.57 bits per heavy atom. The van der Waals surface area contributed by atoms with Crippen LogP contribution in [0.3, 0.4) is 0 Å². The molecule has 0 bridgehead atoms. The van der Waals surface area contributed by atoms with Crippen molar-refractivity contribution in [1.29, 1.82) is 0 Å². The second-order valence-corrected chi connectivity index (χ2v) is 4.73. The molecule has 14 heavy (non-hydrogen) atoms. The van der Waals surface area contributed by atoms with Crippen LogP contribution in [0, 0.1) is 11.8 Å². The summed E-state index contributed by atoms with van der Waals surface area (Å²) in [7, 11) is 0. The van der Waals surface area contributed by atoms with E-state index in [1.807, 2.05) is 0 Å². The lowest BCUT2D eigenvalue weighted by Crippen LogP contribution is -2.26. The van der Waals surface area contributed by atoms with Gasteiger partial charge in [0.25, 0.3) is 0 Å². The molecule has 6 atom stereocenters. The molecule has 2 nitrogen and oxygen atoms in total. The standard InChI is InChI=1S/C12H22O2/c1-5-9-11-7(3)13-8(4)12(11)10(6-2)14-9/h7-12H,5-6H2,1-4H3. The maximum Gasteiger partial charge on any atom is 0.0633 e. The Bertz CT molecular complexity index is 184. The van der Waals surface area contributed by atoms with Gasteiger partial charge in [0, 0.05) is 11.8 Å². The summed E-state index contributed by atoms with van der Waals surface area (Å²) in [4.78, 5) is 0. The van der Waals surface area contributed by atoms with E-state index in [4.69, 9.17) is 9.47 Å². The monoisotopic (exact) mass is 198 g/mol. The van der Waals surface area contributed by atoms with Gasteiger partial charge in [-0.1, -0.05) is 13.8 Å². The van der Waals surface area contributed by atoms with Crippen LogP contribution in [0.1, 0.15) is 40.5 Å². The van der Waals surface area contributed by atoms with Crippen LogP contribution >= 0.6 is 0 Å². The van der Waals surface area contributed by atoms with E-state index in [1.54, 1.807) is 0 Å². The van der Waals surface area contributed by atoms with Crippen molar-refractivity contribution in [3.63, 3.8) is 0 Å². The summed E-state index contributed by atoms with van der Waals surface area (Å²) in [5.74, 6) is 1.28. The quantitative estimate of drug-likeness (QED) is 0.679. The molecule has 0 aromatic heterocycles. The highest BCUT2D eigenvalue weighted by Gasteiger charge is 2.52. The Hall–Kier alpha value is -0.0800. The van der Waals surface area contributed by atoms with Crippen LogP contribution in [0.4, 0.5) is 0 Å². The first-order valence-electron chi connectivity index (χ1n) is 5.99. The molecule has 2 saturated heterocycles. The first-order valence-corrected chi connectivity index (χ1v) is 5.99. The van der Waals surface area contributed by atoms with Gasteiger partial charge in [-0.15, -0.1) is 0 Å². The van der Waals surface area contributed by atoms with E-state index >= 15 is 0 Å². The van der Waals surface area contributed by atoms with Crippen molar-refractivity contribution < 1.29 is 9.47 Å². The van der Waals surface area contributed by atoms with Gasteiger partial charge < -0.3 is 9.47 Å². The van der Waals surface area contributed by atoms with Gasteiger partial charge in [-0.25, -0.2) is 0 Å². The number of hydrogen-bond donors (Lipinski definition) is 0. The van der Waals surface area contributed by atoms with Gasteiger partial charge >= 0.3 is 0 Å². The van der Waals surface area contributed by atoms with Gasteiger partial charge in [-0.05, 0) is 26.7 Å². The van der Waals surface area contributed by atoms with Gasteiger partial charge in [0.05, 0.1) is 24.4 Å². The molecule has 0 aromatic rings. The Morgan fingerprint density at radius 1 is 0.786 bits per heavy atom. The Kier molecular flexibility index (Phi) is 2.85. The lowest BCUT2D eigenvalue weighted by Gasteiger charge is -2.19. The normalized spacial score (nSPS) is 52.3. The van der Waals surface area contributed by atoms with Crippen LogP contribution in [-0.4, -0.2) is 24.4 Å². The second-order valence-electron chi connectivity index (χ2n) is 4.73. The van der Waals surface area contributed by atoms with E-state index in [2.05, 4.69) is 27.7 Å². The Labute approximate surface area is 87.0 Å². The van der Waals surface area contributed by atoms with E-state index < -0.39 is 0 Å². The molecule has 2 heteroatoms. The molecule has 0 aromatic carbocycles. The molecule has 0 spiro atoms. The fourth-order valence-electron chi connectivity index (χ4n) is 3.39. The summed E-state index contributed by atoms with van der Waals surface area (Å²) in [5, 5.41) is 0. The zero-order chi connectivity index (χ0) is 10.3. The molecular formula is C12H22O2. The van der Waals surface area contributed by atoms with E-state index in [-0.39, 0.29) is 0 Å². The zero-order valence-electron chi connectivity index (χ0n) is 9.69. The van der Waals surface area contributed by atoms with Crippen molar-refractivity contribution >= 4 is 0 Å². The van der Waals surface area contributed by atoms with Gasteiger partial charge in [-0.3, -0.25) is 0 Å². The van der Waals surface area contributed by atoms with Crippen molar-refractivity contribution in [3.05, 3.63) is 0 Å². The van der Waals surface area contributed by atoms with Gasteiger partial charge in [0.15, 0.2) is 0 Å². The average Bonchev–Trinajstić information content (AvgIpc) is 2.67. The van der Waals surface area contributed by atoms with E-state index in [0.717, 1.165) is 12.8 Å². The molecular weight excluding hydrogens is 176 g/mol. The molecule has 0 amide bonds. The number of hydrogen-bond acceptors (Lipinski definition) is 2. The van der Waals surface area contributed by atoms with Gasteiger partial charge in [0.2, 0.25) is 0 Å². The van der Waals surface area contributed by atoms with Crippen LogP contribution in [0.2, 0.25) is 0 Å². The minimum absolute atomic E-state index is 0.386. The average molecular weight is 198 g/mol. The van der Waals surface area contributed by atoms with Crippen molar-refractivity contribution in [2.24, 2.45) is 11.8 Å². The maximum absolute atomic E-state index is 6.09. The van der Waals surface area contributed by atoms with Crippen molar-refractivity contribution in [1.82, 2.24) is 0 Å². The lowest BCUT2D eigenvalue weighted by molar-refractivity contribution is -0.0436. The molecule has 0 N–H and O–H groups in total. The largest absolute Gasteiger partial charge is 0.375 e. The topological polar surface area (TPSA) is 18.5 Å². The summed E-state index contributed by atoms with van der Waals surface area (Å²) < 4.78 is 12.0. The first-order chi connectivity index (χ1) is 6.69. The Morgan fingerprint density at radius 2 is 1.21 bits per heavy atom. The third-order valence-corrected chi connectivity index (χ3v) is 3.97. The van der Waals surface area contributed by atoms with Gasteiger partial charge in [0.1, 0.15) is 0 Å². The number of fused-ring (bicyclic) bond motifs is 1.